The minimum atomic E-state index is -0.832. The average Bonchev–Trinajstić information content (AvgIpc) is 2.04. The summed E-state index contributed by atoms with van der Waals surface area (Å²) in [6.45, 7) is 3.47. The van der Waals surface area contributed by atoms with Crippen LogP contribution in [0.2, 0.25) is 0 Å². The van der Waals surface area contributed by atoms with Gasteiger partial charge in [-0.1, -0.05) is 11.8 Å². The van der Waals surface area contributed by atoms with E-state index in [1.807, 2.05) is 6.92 Å². The molecule has 0 saturated carbocycles. The van der Waals surface area contributed by atoms with Gasteiger partial charge in [-0.25, -0.2) is 9.97 Å². The van der Waals surface area contributed by atoms with Crippen molar-refractivity contribution in [2.75, 3.05) is 0 Å². The maximum absolute atomic E-state index is 10.5. The Balaban J connectivity index is 2.69. The highest BCUT2D eigenvalue weighted by Gasteiger charge is 2.12. The minimum Gasteiger partial charge on any atom is -0.480 e. The summed E-state index contributed by atoms with van der Waals surface area (Å²) in [4.78, 5) is 18.4. The summed E-state index contributed by atoms with van der Waals surface area (Å²) in [5.41, 5.74) is 0.843. The van der Waals surface area contributed by atoms with Gasteiger partial charge < -0.3 is 5.11 Å². The molecule has 0 radical (unpaired) electrons. The molecule has 0 saturated heterocycles. The molecule has 1 aromatic heterocycles. The fourth-order valence-corrected chi connectivity index (χ4v) is 1.54. The predicted molar refractivity (Wildman–Crippen MR) is 49.7 cm³/mol. The molecule has 1 atom stereocenters. The maximum atomic E-state index is 10.5. The molecule has 1 N–H and O–H groups in total. The van der Waals surface area contributed by atoms with Crippen molar-refractivity contribution < 1.29 is 9.90 Å². The van der Waals surface area contributed by atoms with E-state index in [4.69, 9.17) is 5.11 Å². The zero-order valence-electron chi connectivity index (χ0n) is 7.39. The number of aryl methyl sites for hydroxylation is 1. The SMILES string of the molecule is Cc1cc(SC(C)C(=O)O)ncn1. The molecule has 0 aromatic carbocycles. The van der Waals surface area contributed by atoms with Gasteiger partial charge in [0.1, 0.15) is 16.6 Å². The lowest BCUT2D eigenvalue weighted by molar-refractivity contribution is -0.136. The first kappa shape index (κ1) is 9.98. The van der Waals surface area contributed by atoms with E-state index in [1.54, 1.807) is 13.0 Å². The van der Waals surface area contributed by atoms with E-state index >= 15 is 0 Å². The predicted octanol–water partition coefficient (Wildman–Crippen LogP) is 1.35. The minimum absolute atomic E-state index is 0.478. The van der Waals surface area contributed by atoms with Crippen LogP contribution in [0.4, 0.5) is 0 Å². The van der Waals surface area contributed by atoms with E-state index in [0.29, 0.717) is 5.03 Å². The van der Waals surface area contributed by atoms with Crippen molar-refractivity contribution in [2.24, 2.45) is 0 Å². The fourth-order valence-electron chi connectivity index (χ4n) is 0.726. The summed E-state index contributed by atoms with van der Waals surface area (Å²) < 4.78 is 0. The zero-order chi connectivity index (χ0) is 9.84. The first-order chi connectivity index (χ1) is 6.09. The number of carbonyl (C=O) groups is 1. The quantitative estimate of drug-likeness (QED) is 0.586. The Morgan fingerprint density at radius 1 is 1.62 bits per heavy atom. The van der Waals surface area contributed by atoms with Crippen LogP contribution in [0, 0.1) is 6.92 Å². The van der Waals surface area contributed by atoms with Crippen LogP contribution in [-0.2, 0) is 4.79 Å². The van der Waals surface area contributed by atoms with E-state index in [1.165, 1.54) is 18.1 Å². The van der Waals surface area contributed by atoms with E-state index in [2.05, 4.69) is 9.97 Å². The van der Waals surface area contributed by atoms with Crippen LogP contribution in [-0.4, -0.2) is 26.3 Å². The molecular formula is C8H10N2O2S. The summed E-state index contributed by atoms with van der Waals surface area (Å²) in [7, 11) is 0. The first-order valence-electron chi connectivity index (χ1n) is 3.77. The topological polar surface area (TPSA) is 63.1 Å². The molecule has 0 aliphatic rings. The molecular weight excluding hydrogens is 188 g/mol. The van der Waals surface area contributed by atoms with Gasteiger partial charge in [-0.3, -0.25) is 4.79 Å². The van der Waals surface area contributed by atoms with E-state index in [-0.39, 0.29) is 0 Å². The number of rotatable bonds is 3. The standard InChI is InChI=1S/C8H10N2O2S/c1-5-3-7(10-4-9-5)13-6(2)8(11)12/h3-4,6H,1-2H3,(H,11,12). The van der Waals surface area contributed by atoms with Gasteiger partial charge in [-0.15, -0.1) is 0 Å². The van der Waals surface area contributed by atoms with Gasteiger partial charge in [0.15, 0.2) is 0 Å². The maximum Gasteiger partial charge on any atom is 0.316 e. The molecule has 13 heavy (non-hydrogen) atoms. The third kappa shape index (κ3) is 3.02. The molecule has 0 fully saturated rings. The summed E-state index contributed by atoms with van der Waals surface area (Å²) in [6.07, 6.45) is 1.44. The number of aliphatic carboxylic acids is 1. The molecule has 0 aliphatic carbocycles. The molecule has 0 aliphatic heterocycles. The van der Waals surface area contributed by atoms with Crippen LogP contribution in [0.1, 0.15) is 12.6 Å². The monoisotopic (exact) mass is 198 g/mol. The number of nitrogens with zero attached hydrogens (tertiary/aromatic N) is 2. The first-order valence-corrected chi connectivity index (χ1v) is 4.65. The summed E-state index contributed by atoms with van der Waals surface area (Å²) in [6, 6.07) is 1.77. The zero-order valence-corrected chi connectivity index (χ0v) is 8.21. The number of carboxylic acid groups (broad SMARTS) is 1. The highest BCUT2D eigenvalue weighted by molar-refractivity contribution is 8.00. The van der Waals surface area contributed by atoms with Gasteiger partial charge >= 0.3 is 5.97 Å². The fraction of sp³-hybridized carbons (Fsp3) is 0.375. The third-order valence-electron chi connectivity index (χ3n) is 1.42. The number of carboxylic acids is 1. The molecule has 0 spiro atoms. The second-order valence-electron chi connectivity index (χ2n) is 2.60. The molecule has 1 aromatic rings. The summed E-state index contributed by atoms with van der Waals surface area (Å²) in [5.74, 6) is -0.832. The molecule has 0 bridgehead atoms. The lowest BCUT2D eigenvalue weighted by Crippen LogP contribution is -2.11. The number of thioether (sulfide) groups is 1. The molecule has 1 unspecified atom stereocenters. The van der Waals surface area contributed by atoms with Crippen molar-refractivity contribution in [2.45, 2.75) is 24.1 Å². The lowest BCUT2D eigenvalue weighted by atomic mass is 10.5. The van der Waals surface area contributed by atoms with Crippen molar-refractivity contribution in [3.05, 3.63) is 18.1 Å². The second kappa shape index (κ2) is 4.23. The Hall–Kier alpha value is -1.10. The largest absolute Gasteiger partial charge is 0.480 e. The van der Waals surface area contributed by atoms with Crippen molar-refractivity contribution in [3.63, 3.8) is 0 Å². The smallest absolute Gasteiger partial charge is 0.316 e. The van der Waals surface area contributed by atoms with Gasteiger partial charge in [0.25, 0.3) is 0 Å². The van der Waals surface area contributed by atoms with Crippen LogP contribution in [0.15, 0.2) is 17.4 Å². The Morgan fingerprint density at radius 2 is 2.31 bits per heavy atom. The summed E-state index contributed by atoms with van der Waals surface area (Å²) in [5, 5.41) is 8.87. The third-order valence-corrected chi connectivity index (χ3v) is 2.44. The van der Waals surface area contributed by atoms with Crippen molar-refractivity contribution in [1.29, 1.82) is 0 Å². The van der Waals surface area contributed by atoms with Crippen molar-refractivity contribution in [3.8, 4) is 0 Å². The summed E-state index contributed by atoms with van der Waals surface area (Å²) >= 11 is 1.22. The molecule has 70 valence electrons. The van der Waals surface area contributed by atoms with E-state index < -0.39 is 11.2 Å². The molecule has 5 heteroatoms. The number of aromatic nitrogens is 2. The van der Waals surface area contributed by atoms with Crippen molar-refractivity contribution in [1.82, 2.24) is 9.97 Å². The lowest BCUT2D eigenvalue weighted by Gasteiger charge is -2.04. The van der Waals surface area contributed by atoms with Crippen LogP contribution in [0.5, 0.6) is 0 Å². The van der Waals surface area contributed by atoms with Gasteiger partial charge in [0.2, 0.25) is 0 Å². The second-order valence-corrected chi connectivity index (χ2v) is 3.96. The molecule has 4 nitrogen and oxygen atoms in total. The normalized spacial score (nSPS) is 12.5. The Labute approximate surface area is 80.4 Å². The van der Waals surface area contributed by atoms with E-state index in [0.717, 1.165) is 5.69 Å². The number of hydrogen-bond acceptors (Lipinski definition) is 4. The van der Waals surface area contributed by atoms with E-state index in [9.17, 15) is 4.79 Å². The highest BCUT2D eigenvalue weighted by atomic mass is 32.2. The Morgan fingerprint density at radius 3 is 2.85 bits per heavy atom. The van der Waals surface area contributed by atoms with Gasteiger partial charge in [0, 0.05) is 5.69 Å². The van der Waals surface area contributed by atoms with Gasteiger partial charge in [0.05, 0.1) is 0 Å². The average molecular weight is 198 g/mol. The molecule has 0 amide bonds. The van der Waals surface area contributed by atoms with Crippen LogP contribution in [0.25, 0.3) is 0 Å². The van der Waals surface area contributed by atoms with Gasteiger partial charge in [-0.05, 0) is 19.9 Å². The molecule has 1 rings (SSSR count). The Bertz CT molecular complexity index is 317. The van der Waals surface area contributed by atoms with Crippen LogP contribution >= 0.6 is 11.8 Å². The Kier molecular flexibility index (Phi) is 3.25. The molecule has 1 heterocycles. The highest BCUT2D eigenvalue weighted by Crippen LogP contribution is 2.20. The van der Waals surface area contributed by atoms with Crippen LogP contribution in [0.3, 0.4) is 0 Å². The van der Waals surface area contributed by atoms with Crippen LogP contribution < -0.4 is 0 Å². The van der Waals surface area contributed by atoms with Crippen molar-refractivity contribution >= 4 is 17.7 Å². The van der Waals surface area contributed by atoms with Gasteiger partial charge in [-0.2, -0.15) is 0 Å². The number of hydrogen-bond donors (Lipinski definition) is 1.